The highest BCUT2D eigenvalue weighted by molar-refractivity contribution is 6.32. The van der Waals surface area contributed by atoms with E-state index in [1.807, 2.05) is 0 Å². The van der Waals surface area contributed by atoms with Crippen LogP contribution in [-0.4, -0.2) is 9.78 Å². The van der Waals surface area contributed by atoms with Crippen molar-refractivity contribution < 1.29 is 13.2 Å². The molecule has 0 aliphatic carbocycles. The summed E-state index contributed by atoms with van der Waals surface area (Å²) in [5.74, 6) is 0. The molecule has 0 amide bonds. The molecule has 0 aliphatic rings. The normalized spacial score (nSPS) is 11.9. The van der Waals surface area contributed by atoms with E-state index in [2.05, 4.69) is 5.10 Å². The Balaban J connectivity index is 2.46. The van der Waals surface area contributed by atoms with Crippen LogP contribution in [0.4, 0.5) is 13.2 Å². The van der Waals surface area contributed by atoms with Gasteiger partial charge >= 0.3 is 6.18 Å². The Hall–Kier alpha value is -1.53. The van der Waals surface area contributed by atoms with Crippen molar-refractivity contribution in [3.05, 3.63) is 46.2 Å². The Morgan fingerprint density at radius 1 is 1.37 bits per heavy atom. The number of rotatable bonds is 2. The molecule has 2 rings (SSSR count). The van der Waals surface area contributed by atoms with Gasteiger partial charge in [0.15, 0.2) is 0 Å². The zero-order valence-electron chi connectivity index (χ0n) is 10.0. The molecule has 3 nitrogen and oxygen atoms in total. The molecule has 0 fully saturated rings. The van der Waals surface area contributed by atoms with E-state index in [1.54, 1.807) is 13.1 Å². The van der Waals surface area contributed by atoms with Gasteiger partial charge < -0.3 is 5.73 Å². The van der Waals surface area contributed by atoms with Gasteiger partial charge in [0, 0.05) is 18.3 Å². The predicted molar refractivity (Wildman–Crippen MR) is 66.2 cm³/mol. The van der Waals surface area contributed by atoms with E-state index in [0.29, 0.717) is 12.2 Å². The van der Waals surface area contributed by atoms with E-state index in [4.69, 9.17) is 17.3 Å². The van der Waals surface area contributed by atoms with Gasteiger partial charge in [-0.3, -0.25) is 0 Å². The number of benzene rings is 1. The fourth-order valence-corrected chi connectivity index (χ4v) is 1.96. The highest BCUT2D eigenvalue weighted by Crippen LogP contribution is 2.33. The SMILES string of the molecule is Cc1nn(-c2ccc(C(F)(F)F)cc2Cl)cc1CN. The lowest BCUT2D eigenvalue weighted by molar-refractivity contribution is -0.137. The summed E-state index contributed by atoms with van der Waals surface area (Å²) in [6.45, 7) is 2.08. The number of hydrogen-bond acceptors (Lipinski definition) is 2. The average Bonchev–Trinajstić information content (AvgIpc) is 2.69. The second-order valence-electron chi connectivity index (χ2n) is 4.05. The molecule has 102 valence electrons. The summed E-state index contributed by atoms with van der Waals surface area (Å²) >= 11 is 5.88. The predicted octanol–water partition coefficient (Wildman–Crippen LogP) is 3.31. The minimum Gasteiger partial charge on any atom is -0.326 e. The van der Waals surface area contributed by atoms with Gasteiger partial charge in [-0.2, -0.15) is 18.3 Å². The van der Waals surface area contributed by atoms with Crippen molar-refractivity contribution in [2.24, 2.45) is 5.73 Å². The van der Waals surface area contributed by atoms with Crippen molar-refractivity contribution >= 4 is 11.6 Å². The zero-order chi connectivity index (χ0) is 14.2. The molecule has 1 heterocycles. The topological polar surface area (TPSA) is 43.8 Å². The van der Waals surface area contributed by atoms with Gasteiger partial charge in [0.1, 0.15) is 0 Å². The summed E-state index contributed by atoms with van der Waals surface area (Å²) in [6, 6.07) is 3.15. The molecule has 7 heteroatoms. The molecule has 0 aliphatic heterocycles. The number of nitrogens with zero attached hydrogens (tertiary/aromatic N) is 2. The van der Waals surface area contributed by atoms with Crippen molar-refractivity contribution in [1.29, 1.82) is 0 Å². The van der Waals surface area contributed by atoms with Crippen LogP contribution in [0.1, 0.15) is 16.8 Å². The Morgan fingerprint density at radius 2 is 2.05 bits per heavy atom. The summed E-state index contributed by atoms with van der Waals surface area (Å²) in [4.78, 5) is 0. The van der Waals surface area contributed by atoms with Crippen molar-refractivity contribution in [1.82, 2.24) is 9.78 Å². The van der Waals surface area contributed by atoms with Crippen molar-refractivity contribution in [2.45, 2.75) is 19.6 Å². The minimum atomic E-state index is -4.41. The van der Waals surface area contributed by atoms with Crippen LogP contribution in [0.15, 0.2) is 24.4 Å². The number of alkyl halides is 3. The fraction of sp³-hybridized carbons (Fsp3) is 0.250. The van der Waals surface area contributed by atoms with Crippen LogP contribution < -0.4 is 5.73 Å². The van der Waals surface area contributed by atoms with Gasteiger partial charge in [-0.1, -0.05) is 11.6 Å². The highest BCUT2D eigenvalue weighted by atomic mass is 35.5. The summed E-state index contributed by atoms with van der Waals surface area (Å²) in [7, 11) is 0. The van der Waals surface area contributed by atoms with Crippen molar-refractivity contribution in [3.8, 4) is 5.69 Å². The van der Waals surface area contributed by atoms with Gasteiger partial charge in [-0.15, -0.1) is 0 Å². The first kappa shape index (κ1) is 13.9. The molecular formula is C12H11ClF3N3. The van der Waals surface area contributed by atoms with Gasteiger partial charge in [0.25, 0.3) is 0 Å². The summed E-state index contributed by atoms with van der Waals surface area (Å²) in [5, 5.41) is 4.16. The van der Waals surface area contributed by atoms with Crippen LogP contribution in [0.2, 0.25) is 5.02 Å². The maximum Gasteiger partial charge on any atom is 0.416 e. The first-order valence-corrected chi connectivity index (χ1v) is 5.83. The Kier molecular flexibility index (Phi) is 3.56. The number of aromatic nitrogens is 2. The average molecular weight is 290 g/mol. The largest absolute Gasteiger partial charge is 0.416 e. The van der Waals surface area contributed by atoms with Crippen LogP contribution in [0, 0.1) is 6.92 Å². The first-order chi connectivity index (χ1) is 8.82. The number of halogens is 4. The lowest BCUT2D eigenvalue weighted by Gasteiger charge is -2.09. The quantitative estimate of drug-likeness (QED) is 0.922. The van der Waals surface area contributed by atoms with E-state index in [0.717, 1.165) is 23.4 Å². The van der Waals surface area contributed by atoms with Crippen molar-refractivity contribution in [2.75, 3.05) is 0 Å². The van der Waals surface area contributed by atoms with E-state index in [1.165, 1.54) is 10.7 Å². The maximum atomic E-state index is 12.5. The molecule has 0 bridgehead atoms. The summed E-state index contributed by atoms with van der Waals surface area (Å²) in [6.07, 6.45) is -2.76. The maximum absolute atomic E-state index is 12.5. The van der Waals surface area contributed by atoms with Crippen LogP contribution >= 0.6 is 11.6 Å². The molecule has 0 saturated carbocycles. The van der Waals surface area contributed by atoms with Crippen LogP contribution in [0.3, 0.4) is 0 Å². The monoisotopic (exact) mass is 289 g/mol. The second-order valence-corrected chi connectivity index (χ2v) is 4.46. The van der Waals surface area contributed by atoms with Gasteiger partial charge in [0.05, 0.1) is 22.0 Å². The second kappa shape index (κ2) is 4.86. The smallest absolute Gasteiger partial charge is 0.326 e. The lowest BCUT2D eigenvalue weighted by atomic mass is 10.2. The first-order valence-electron chi connectivity index (χ1n) is 5.45. The van der Waals surface area contributed by atoms with E-state index in [9.17, 15) is 13.2 Å². The molecule has 2 aromatic rings. The summed E-state index contributed by atoms with van der Waals surface area (Å²) < 4.78 is 39.0. The molecular weight excluding hydrogens is 279 g/mol. The molecule has 0 spiro atoms. The molecule has 0 saturated heterocycles. The Morgan fingerprint density at radius 3 is 2.53 bits per heavy atom. The van der Waals surface area contributed by atoms with Crippen LogP contribution in [0.25, 0.3) is 5.69 Å². The molecule has 19 heavy (non-hydrogen) atoms. The third kappa shape index (κ3) is 2.74. The van der Waals surface area contributed by atoms with E-state index < -0.39 is 11.7 Å². The third-order valence-electron chi connectivity index (χ3n) is 2.74. The molecule has 2 N–H and O–H groups in total. The van der Waals surface area contributed by atoms with Crippen LogP contribution in [0.5, 0.6) is 0 Å². The van der Waals surface area contributed by atoms with Gasteiger partial charge in [-0.05, 0) is 25.1 Å². The number of nitrogens with two attached hydrogens (primary N) is 1. The standard InChI is InChI=1S/C12H11ClF3N3/c1-7-8(5-17)6-19(18-7)11-3-2-9(4-10(11)13)12(14,15)16/h2-4,6H,5,17H2,1H3. The molecule has 0 radical (unpaired) electrons. The molecule has 0 unspecified atom stereocenters. The van der Waals surface area contributed by atoms with Crippen LogP contribution in [-0.2, 0) is 12.7 Å². The van der Waals surface area contributed by atoms with E-state index >= 15 is 0 Å². The van der Waals surface area contributed by atoms with Crippen molar-refractivity contribution in [3.63, 3.8) is 0 Å². The third-order valence-corrected chi connectivity index (χ3v) is 3.05. The molecule has 1 aromatic heterocycles. The fourth-order valence-electron chi connectivity index (χ4n) is 1.69. The number of aryl methyl sites for hydroxylation is 1. The van der Waals surface area contributed by atoms with E-state index in [-0.39, 0.29) is 5.02 Å². The molecule has 1 aromatic carbocycles. The highest BCUT2D eigenvalue weighted by Gasteiger charge is 2.31. The lowest BCUT2D eigenvalue weighted by Crippen LogP contribution is -2.06. The van der Waals surface area contributed by atoms with Gasteiger partial charge in [0.2, 0.25) is 0 Å². The number of hydrogen-bond donors (Lipinski definition) is 1. The zero-order valence-corrected chi connectivity index (χ0v) is 10.8. The van der Waals surface area contributed by atoms with Gasteiger partial charge in [-0.25, -0.2) is 4.68 Å². The molecule has 0 atom stereocenters. The Labute approximate surface area is 112 Å². The minimum absolute atomic E-state index is 0.0131. The summed E-state index contributed by atoms with van der Waals surface area (Å²) in [5.41, 5.74) is 6.66. The Bertz CT molecular complexity index is 605.